The van der Waals surface area contributed by atoms with Gasteiger partial charge in [0.2, 0.25) is 0 Å². The van der Waals surface area contributed by atoms with Crippen molar-refractivity contribution in [2.75, 3.05) is 0 Å². The first-order valence-electron chi connectivity index (χ1n) is 8.48. The lowest BCUT2D eigenvalue weighted by Crippen LogP contribution is -2.71. The Labute approximate surface area is 142 Å². The number of aryl methyl sites for hydroxylation is 1. The van der Waals surface area contributed by atoms with Gasteiger partial charge in [0.15, 0.2) is 0 Å². The van der Waals surface area contributed by atoms with Gasteiger partial charge in [-0.15, -0.1) is 0 Å². The zero-order chi connectivity index (χ0) is 17.5. The van der Waals surface area contributed by atoms with Crippen LogP contribution < -0.4 is 10.6 Å². The fourth-order valence-electron chi connectivity index (χ4n) is 3.73. The Morgan fingerprint density at radius 3 is 2.46 bits per heavy atom. The summed E-state index contributed by atoms with van der Waals surface area (Å²) in [5.74, 6) is -0.109. The third-order valence-corrected chi connectivity index (χ3v) is 5.19. The van der Waals surface area contributed by atoms with Gasteiger partial charge < -0.3 is 19.9 Å². The lowest BCUT2D eigenvalue weighted by molar-refractivity contribution is -0.0579. The SMILES string of the molecule is Cn1cncc1C(=O)NC1CC(NC(=O)OC(C)(C)C)C12CCC2. The van der Waals surface area contributed by atoms with Crippen molar-refractivity contribution in [1.29, 1.82) is 0 Å². The first-order chi connectivity index (χ1) is 11.2. The molecule has 1 aromatic heterocycles. The van der Waals surface area contributed by atoms with Crippen LogP contribution >= 0.6 is 0 Å². The van der Waals surface area contributed by atoms with Crippen molar-refractivity contribution in [2.45, 2.75) is 64.1 Å². The summed E-state index contributed by atoms with van der Waals surface area (Å²) in [6.07, 6.45) is 6.70. The molecular weight excluding hydrogens is 308 g/mol. The van der Waals surface area contributed by atoms with Crippen LogP contribution in [-0.4, -0.2) is 39.2 Å². The maximum absolute atomic E-state index is 12.4. The van der Waals surface area contributed by atoms with Crippen molar-refractivity contribution < 1.29 is 14.3 Å². The number of aromatic nitrogens is 2. The molecule has 132 valence electrons. The topological polar surface area (TPSA) is 85.3 Å². The highest BCUT2D eigenvalue weighted by atomic mass is 16.6. The third-order valence-electron chi connectivity index (χ3n) is 5.19. The fraction of sp³-hybridized carbons (Fsp3) is 0.706. The van der Waals surface area contributed by atoms with E-state index in [1.54, 1.807) is 24.1 Å². The van der Waals surface area contributed by atoms with E-state index >= 15 is 0 Å². The second kappa shape index (κ2) is 5.79. The van der Waals surface area contributed by atoms with Gasteiger partial charge >= 0.3 is 6.09 Å². The molecule has 2 atom stereocenters. The van der Waals surface area contributed by atoms with E-state index in [2.05, 4.69) is 15.6 Å². The van der Waals surface area contributed by atoms with E-state index in [4.69, 9.17) is 4.74 Å². The lowest BCUT2D eigenvalue weighted by atomic mass is 9.50. The molecule has 7 nitrogen and oxygen atoms in total. The van der Waals surface area contributed by atoms with Gasteiger partial charge in [-0.2, -0.15) is 0 Å². The van der Waals surface area contributed by atoms with Crippen molar-refractivity contribution in [1.82, 2.24) is 20.2 Å². The third kappa shape index (κ3) is 2.99. The molecule has 24 heavy (non-hydrogen) atoms. The minimum Gasteiger partial charge on any atom is -0.444 e. The van der Waals surface area contributed by atoms with Gasteiger partial charge in [0.25, 0.3) is 5.91 Å². The van der Waals surface area contributed by atoms with Crippen molar-refractivity contribution >= 4 is 12.0 Å². The monoisotopic (exact) mass is 334 g/mol. The number of hydrogen-bond donors (Lipinski definition) is 2. The predicted molar refractivity (Wildman–Crippen MR) is 88.5 cm³/mol. The van der Waals surface area contributed by atoms with Gasteiger partial charge in [0.1, 0.15) is 11.3 Å². The van der Waals surface area contributed by atoms with E-state index in [9.17, 15) is 9.59 Å². The van der Waals surface area contributed by atoms with E-state index in [-0.39, 0.29) is 29.5 Å². The predicted octanol–water partition coefficient (Wildman–Crippen LogP) is 1.99. The number of nitrogens with zero attached hydrogens (tertiary/aromatic N) is 2. The van der Waals surface area contributed by atoms with Crippen LogP contribution in [0.1, 0.15) is 56.9 Å². The highest BCUT2D eigenvalue weighted by Gasteiger charge is 2.59. The average Bonchev–Trinajstić information content (AvgIpc) is 2.79. The summed E-state index contributed by atoms with van der Waals surface area (Å²) < 4.78 is 7.05. The van der Waals surface area contributed by atoms with Crippen LogP contribution in [-0.2, 0) is 11.8 Å². The summed E-state index contributed by atoms with van der Waals surface area (Å²) in [5.41, 5.74) is 0.0202. The van der Waals surface area contributed by atoms with Crippen LogP contribution in [0.25, 0.3) is 0 Å². The minimum atomic E-state index is -0.506. The number of amides is 2. The molecule has 2 aliphatic rings. The standard InChI is InChI=1S/C17H26N4O3/c1-16(2,3)24-15(23)20-13-8-12(17(13)6-5-7-17)19-14(22)11-9-18-10-21(11)4/h9-10,12-13H,5-8H2,1-4H3,(H,19,22)(H,20,23). The first-order valence-corrected chi connectivity index (χ1v) is 8.48. The average molecular weight is 334 g/mol. The Morgan fingerprint density at radius 2 is 1.96 bits per heavy atom. The molecule has 1 spiro atoms. The number of rotatable bonds is 3. The van der Waals surface area contributed by atoms with Crippen LogP contribution in [0.2, 0.25) is 0 Å². The molecule has 1 aromatic rings. The van der Waals surface area contributed by atoms with Crippen LogP contribution in [0.5, 0.6) is 0 Å². The number of alkyl carbamates (subject to hydrolysis) is 1. The summed E-state index contributed by atoms with van der Waals surface area (Å²) in [4.78, 5) is 28.4. The summed E-state index contributed by atoms with van der Waals surface area (Å²) in [7, 11) is 1.80. The summed E-state index contributed by atoms with van der Waals surface area (Å²) in [5, 5.41) is 6.10. The molecule has 2 saturated carbocycles. The van der Waals surface area contributed by atoms with Crippen molar-refractivity contribution in [2.24, 2.45) is 12.5 Å². The number of carbonyl (C=O) groups excluding carboxylic acids is 2. The van der Waals surface area contributed by atoms with E-state index in [1.807, 2.05) is 20.8 Å². The maximum atomic E-state index is 12.4. The first kappa shape index (κ1) is 16.8. The summed E-state index contributed by atoms with van der Waals surface area (Å²) in [6.45, 7) is 5.55. The number of ether oxygens (including phenoxy) is 1. The van der Waals surface area contributed by atoms with Gasteiger partial charge in [-0.05, 0) is 40.0 Å². The fourth-order valence-corrected chi connectivity index (χ4v) is 3.73. The Morgan fingerprint density at radius 1 is 1.29 bits per heavy atom. The Kier molecular flexibility index (Phi) is 4.05. The van der Waals surface area contributed by atoms with Crippen molar-refractivity contribution in [3.63, 3.8) is 0 Å². The van der Waals surface area contributed by atoms with Crippen LogP contribution in [0.15, 0.2) is 12.5 Å². The minimum absolute atomic E-state index is 0.0227. The quantitative estimate of drug-likeness (QED) is 0.885. The molecule has 0 radical (unpaired) electrons. The van der Waals surface area contributed by atoms with Crippen molar-refractivity contribution in [3.05, 3.63) is 18.2 Å². The highest BCUT2D eigenvalue weighted by molar-refractivity contribution is 5.92. The second-order valence-electron chi connectivity index (χ2n) is 7.94. The van der Waals surface area contributed by atoms with Gasteiger partial charge in [0.05, 0.1) is 12.5 Å². The molecule has 1 heterocycles. The molecule has 2 fully saturated rings. The molecule has 7 heteroatoms. The van der Waals surface area contributed by atoms with Crippen LogP contribution in [0.3, 0.4) is 0 Å². The zero-order valence-electron chi connectivity index (χ0n) is 14.8. The normalized spacial score (nSPS) is 24.7. The summed E-state index contributed by atoms with van der Waals surface area (Å²) >= 11 is 0. The van der Waals surface area contributed by atoms with Crippen LogP contribution in [0, 0.1) is 5.41 Å². The second-order valence-corrected chi connectivity index (χ2v) is 7.94. The molecular formula is C17H26N4O3. The lowest BCUT2D eigenvalue weighted by Gasteiger charge is -2.61. The Hall–Kier alpha value is -2.05. The molecule has 0 saturated heterocycles. The number of nitrogens with one attached hydrogen (secondary N) is 2. The van der Waals surface area contributed by atoms with Gasteiger partial charge in [-0.1, -0.05) is 6.42 Å². The van der Waals surface area contributed by atoms with E-state index in [0.717, 1.165) is 25.7 Å². The number of carbonyl (C=O) groups is 2. The van der Waals surface area contributed by atoms with E-state index < -0.39 is 5.60 Å². The maximum Gasteiger partial charge on any atom is 0.407 e. The molecule has 0 bridgehead atoms. The molecule has 2 unspecified atom stereocenters. The molecule has 3 rings (SSSR count). The Bertz CT molecular complexity index is 643. The Balaban J connectivity index is 1.59. The molecule has 2 aliphatic carbocycles. The molecule has 0 aromatic carbocycles. The van der Waals surface area contributed by atoms with Gasteiger partial charge in [0, 0.05) is 24.5 Å². The van der Waals surface area contributed by atoms with Gasteiger partial charge in [-0.25, -0.2) is 9.78 Å². The van der Waals surface area contributed by atoms with E-state index in [0.29, 0.717) is 5.69 Å². The van der Waals surface area contributed by atoms with Gasteiger partial charge in [-0.3, -0.25) is 4.79 Å². The zero-order valence-corrected chi connectivity index (χ0v) is 14.8. The van der Waals surface area contributed by atoms with Crippen molar-refractivity contribution in [3.8, 4) is 0 Å². The summed E-state index contributed by atoms with van der Waals surface area (Å²) in [6, 6.07) is 0.159. The van der Waals surface area contributed by atoms with Crippen LogP contribution in [0.4, 0.5) is 4.79 Å². The van der Waals surface area contributed by atoms with E-state index in [1.165, 1.54) is 0 Å². The number of hydrogen-bond acceptors (Lipinski definition) is 4. The smallest absolute Gasteiger partial charge is 0.407 e. The molecule has 2 amide bonds. The molecule has 0 aliphatic heterocycles. The number of imidazole rings is 1. The molecule has 2 N–H and O–H groups in total. The highest BCUT2D eigenvalue weighted by Crippen LogP contribution is 2.56. The largest absolute Gasteiger partial charge is 0.444 e.